The predicted octanol–water partition coefficient (Wildman–Crippen LogP) is 4.99. The Morgan fingerprint density at radius 2 is 1.54 bits per heavy atom. The average Bonchev–Trinajstić information content (AvgIpc) is 3.56. The molecule has 14 heteroatoms. The number of allylic oxidation sites excluding steroid dienone is 2. The monoisotopic (exact) mass is 858 g/mol. The molecular weight excluding hydrogens is 789 g/mol. The Morgan fingerprint density at radius 3 is 2.26 bits per heavy atom. The van der Waals surface area contributed by atoms with Crippen molar-refractivity contribution in [3.8, 4) is 0 Å². The Kier molecular flexibility index (Phi) is 14.6. The van der Waals surface area contributed by atoms with Crippen LogP contribution in [0.4, 0.5) is 0 Å². The number of ether oxygens (including phenoxy) is 10. The van der Waals surface area contributed by atoms with Crippen LogP contribution in [0.1, 0.15) is 87.5 Å². The van der Waals surface area contributed by atoms with Gasteiger partial charge in [0.15, 0.2) is 18.4 Å². The highest BCUT2D eigenvalue weighted by Gasteiger charge is 2.58. The standard InChI is InChI=1S/C47H70O14/c1-24(2)41-27(5)16-17-46(61-41)22-33-19-32(60-46)15-14-26(4)42(25(3)12-11-13-31-23-54-44-39(48)28(6)18-34(45(50)57-33)47(31,44)51)58-38-21-36(53-10)43(30(8)56-38)59-37-20-35(52-9)40(49)29(7)55-37/h11-14,16-18,24-25,27-30,32-33,35-44,48-49,51H,15,19-23H2,1-10H3/t25-,27-,28?,29-,30-,32+,33-,35-,36-,37-,38-,39+,40-,41+,42-,43-,44+,46+,47+/m0/s1. The van der Waals surface area contributed by atoms with E-state index in [1.54, 1.807) is 40.2 Å². The van der Waals surface area contributed by atoms with Gasteiger partial charge >= 0.3 is 5.97 Å². The molecule has 19 atom stereocenters. The number of fused-ring (bicyclic) bond motifs is 2. The molecule has 2 bridgehead atoms. The summed E-state index contributed by atoms with van der Waals surface area (Å²) in [5.74, 6) is -2.05. The summed E-state index contributed by atoms with van der Waals surface area (Å²) in [5.41, 5.74) is -0.431. The number of carbonyl (C=O) groups excluding carboxylic acids is 1. The van der Waals surface area contributed by atoms with Gasteiger partial charge in [0.1, 0.15) is 30.0 Å². The van der Waals surface area contributed by atoms with Crippen molar-refractivity contribution in [3.05, 3.63) is 59.3 Å². The topological polar surface area (TPSA) is 170 Å². The Balaban J connectivity index is 1.18. The zero-order chi connectivity index (χ0) is 44.0. The molecule has 3 N–H and O–H groups in total. The van der Waals surface area contributed by atoms with Crippen LogP contribution in [0, 0.1) is 23.7 Å². The van der Waals surface area contributed by atoms with E-state index in [4.69, 9.17) is 47.4 Å². The van der Waals surface area contributed by atoms with Crippen molar-refractivity contribution in [3.63, 3.8) is 0 Å². The predicted molar refractivity (Wildman–Crippen MR) is 223 cm³/mol. The first kappa shape index (κ1) is 46.7. The van der Waals surface area contributed by atoms with Crippen molar-refractivity contribution in [1.29, 1.82) is 0 Å². The van der Waals surface area contributed by atoms with E-state index in [0.29, 0.717) is 31.3 Å². The summed E-state index contributed by atoms with van der Waals surface area (Å²) < 4.78 is 63.4. The summed E-state index contributed by atoms with van der Waals surface area (Å²) >= 11 is 0. The largest absolute Gasteiger partial charge is 0.459 e. The van der Waals surface area contributed by atoms with E-state index in [9.17, 15) is 20.1 Å². The highest BCUT2D eigenvalue weighted by Crippen LogP contribution is 2.47. The molecule has 0 aromatic rings. The van der Waals surface area contributed by atoms with Gasteiger partial charge in [-0.25, -0.2) is 4.79 Å². The van der Waals surface area contributed by atoms with Gasteiger partial charge in [-0.15, -0.1) is 0 Å². The van der Waals surface area contributed by atoms with E-state index >= 15 is 0 Å². The van der Waals surface area contributed by atoms with Crippen LogP contribution in [-0.4, -0.2) is 139 Å². The molecule has 0 radical (unpaired) electrons. The van der Waals surface area contributed by atoms with Crippen molar-refractivity contribution >= 4 is 5.97 Å². The molecule has 0 aromatic heterocycles. The Hall–Kier alpha value is -2.31. The van der Waals surface area contributed by atoms with Gasteiger partial charge in [-0.1, -0.05) is 71.1 Å². The fourth-order valence-corrected chi connectivity index (χ4v) is 10.4. The fourth-order valence-electron chi connectivity index (χ4n) is 10.4. The molecule has 0 amide bonds. The molecule has 1 spiro atoms. The number of carbonyl (C=O) groups is 1. The number of esters is 1. The van der Waals surface area contributed by atoms with E-state index in [0.717, 1.165) is 5.57 Å². The number of hydrogen-bond acceptors (Lipinski definition) is 14. The Bertz CT molecular complexity index is 1710. The Morgan fingerprint density at radius 1 is 0.836 bits per heavy atom. The number of methoxy groups -OCH3 is 2. The van der Waals surface area contributed by atoms with Crippen molar-refractivity contribution < 1.29 is 67.5 Å². The third-order valence-electron chi connectivity index (χ3n) is 13.9. The van der Waals surface area contributed by atoms with Crippen LogP contribution in [0.3, 0.4) is 0 Å². The molecule has 61 heavy (non-hydrogen) atoms. The number of aliphatic hydroxyl groups excluding tert-OH is 2. The highest BCUT2D eigenvalue weighted by atomic mass is 16.7. The molecule has 1 aliphatic carbocycles. The van der Waals surface area contributed by atoms with Crippen molar-refractivity contribution in [2.45, 2.75) is 185 Å². The molecule has 4 saturated heterocycles. The van der Waals surface area contributed by atoms with Gasteiger partial charge in [-0.3, -0.25) is 0 Å². The lowest BCUT2D eigenvalue weighted by atomic mass is 9.72. The first-order valence-electron chi connectivity index (χ1n) is 22.4. The number of hydrogen-bond donors (Lipinski definition) is 3. The second-order valence-corrected chi connectivity index (χ2v) is 18.8. The van der Waals surface area contributed by atoms with Crippen LogP contribution in [0.15, 0.2) is 59.3 Å². The van der Waals surface area contributed by atoms with Crippen LogP contribution in [0.25, 0.3) is 0 Å². The van der Waals surface area contributed by atoms with Crippen LogP contribution in [-0.2, 0) is 52.2 Å². The zero-order valence-corrected chi connectivity index (χ0v) is 37.5. The maximum Gasteiger partial charge on any atom is 0.337 e. The van der Waals surface area contributed by atoms with Gasteiger partial charge in [0.2, 0.25) is 0 Å². The van der Waals surface area contributed by atoms with E-state index in [-0.39, 0.29) is 54.7 Å². The highest BCUT2D eigenvalue weighted by molar-refractivity contribution is 5.93. The van der Waals surface area contributed by atoms with Crippen molar-refractivity contribution in [2.75, 3.05) is 20.8 Å². The van der Waals surface area contributed by atoms with Crippen LogP contribution in [0.2, 0.25) is 0 Å². The molecular formula is C47H70O14. The molecule has 0 aromatic carbocycles. The van der Waals surface area contributed by atoms with Crippen molar-refractivity contribution in [1.82, 2.24) is 0 Å². The third kappa shape index (κ3) is 9.58. The Labute approximate surface area is 361 Å². The number of aliphatic hydroxyl groups is 3. The minimum atomic E-state index is -1.90. The van der Waals surface area contributed by atoms with Crippen LogP contribution >= 0.6 is 0 Å². The van der Waals surface area contributed by atoms with E-state index in [2.05, 4.69) is 39.8 Å². The van der Waals surface area contributed by atoms with Gasteiger partial charge in [0.05, 0.1) is 61.0 Å². The number of rotatable bonds is 7. The minimum Gasteiger partial charge on any atom is -0.459 e. The van der Waals surface area contributed by atoms with Gasteiger partial charge in [0.25, 0.3) is 0 Å². The average molecular weight is 859 g/mol. The molecule has 6 heterocycles. The first-order chi connectivity index (χ1) is 29.0. The zero-order valence-electron chi connectivity index (χ0n) is 37.5. The summed E-state index contributed by atoms with van der Waals surface area (Å²) in [5, 5.41) is 34.2. The lowest BCUT2D eigenvalue weighted by Crippen LogP contribution is -2.56. The second kappa shape index (κ2) is 19.0. The normalized spacial score (nSPS) is 47.1. The second-order valence-electron chi connectivity index (χ2n) is 18.8. The van der Waals surface area contributed by atoms with Gasteiger partial charge in [-0.05, 0) is 50.3 Å². The van der Waals surface area contributed by atoms with E-state index in [1.165, 1.54) is 0 Å². The molecule has 14 nitrogen and oxygen atoms in total. The molecule has 0 saturated carbocycles. The molecule has 7 rings (SSSR count). The SMILES string of the molecule is CO[C@H]1C[C@H](O[C@H]2[C@H](C)O[C@@H](O[C@@H]3C(C)=CC[C@@H]4C[C@@H](C[C@]5(C=C[C@H](C)[C@@H](C(C)C)O5)O4)OC(=O)C4=CC(C)[C@@H](O)[C@H]5OCC(=CC=C[C@@H]3C)[C@@]45O)C[C@@H]2OC)O[C@@H](C)[C@@H]1O. The molecule has 1 unspecified atom stereocenters. The maximum absolute atomic E-state index is 14.3. The summed E-state index contributed by atoms with van der Waals surface area (Å²) in [6.07, 6.45) is 7.54. The van der Waals surface area contributed by atoms with E-state index in [1.807, 2.05) is 32.1 Å². The summed E-state index contributed by atoms with van der Waals surface area (Å²) in [4.78, 5) is 14.3. The molecule has 6 aliphatic heterocycles. The molecule has 342 valence electrons. The van der Waals surface area contributed by atoms with Crippen molar-refractivity contribution in [2.24, 2.45) is 23.7 Å². The lowest BCUT2D eigenvalue weighted by Gasteiger charge is -2.48. The first-order valence-corrected chi connectivity index (χ1v) is 22.4. The maximum atomic E-state index is 14.3. The van der Waals surface area contributed by atoms with Crippen LogP contribution in [0.5, 0.6) is 0 Å². The summed E-state index contributed by atoms with van der Waals surface area (Å²) in [6.45, 7) is 16.0. The fraction of sp³-hybridized carbons (Fsp3) is 0.766. The smallest absolute Gasteiger partial charge is 0.337 e. The summed E-state index contributed by atoms with van der Waals surface area (Å²) in [7, 11) is 3.22. The van der Waals surface area contributed by atoms with Gasteiger partial charge < -0.3 is 62.7 Å². The molecule has 7 aliphatic rings. The molecule has 4 fully saturated rings. The lowest BCUT2D eigenvalue weighted by molar-refractivity contribution is -0.318. The van der Waals surface area contributed by atoms with Crippen LogP contribution < -0.4 is 0 Å². The van der Waals surface area contributed by atoms with Gasteiger partial charge in [0, 0.05) is 57.7 Å². The summed E-state index contributed by atoms with van der Waals surface area (Å²) in [6, 6.07) is 0. The van der Waals surface area contributed by atoms with Gasteiger partial charge in [-0.2, -0.15) is 0 Å². The third-order valence-corrected chi connectivity index (χ3v) is 13.9. The minimum absolute atomic E-state index is 0.0238. The quantitative estimate of drug-likeness (QED) is 0.231. The van der Waals surface area contributed by atoms with E-state index < -0.39 is 90.8 Å².